The van der Waals surface area contributed by atoms with E-state index in [1.807, 2.05) is 54.1 Å². The monoisotopic (exact) mass is 374 g/mol. The van der Waals surface area contributed by atoms with Crippen LogP contribution in [0, 0.1) is 6.92 Å². The van der Waals surface area contributed by atoms with E-state index in [1.54, 1.807) is 0 Å². The molecule has 0 aliphatic carbocycles. The SMILES string of the molecule is Cc1cc(C(=O)NC2CCCN(Cc3ccccc3)C2)nn1-c1ccccc1. The Bertz CT molecular complexity index is 920. The number of nitrogens with zero attached hydrogens (tertiary/aromatic N) is 3. The number of piperidine rings is 1. The maximum atomic E-state index is 12.8. The van der Waals surface area contributed by atoms with Gasteiger partial charge in [-0.15, -0.1) is 0 Å². The number of para-hydroxylation sites is 1. The molecule has 5 heteroatoms. The summed E-state index contributed by atoms with van der Waals surface area (Å²) >= 11 is 0. The number of benzene rings is 2. The van der Waals surface area contributed by atoms with Crippen LogP contribution < -0.4 is 5.32 Å². The number of likely N-dealkylation sites (tertiary alicyclic amines) is 1. The van der Waals surface area contributed by atoms with Crippen LogP contribution >= 0.6 is 0 Å². The van der Waals surface area contributed by atoms with Crippen molar-refractivity contribution in [1.82, 2.24) is 20.0 Å². The van der Waals surface area contributed by atoms with Crippen molar-refractivity contribution >= 4 is 5.91 Å². The Kier molecular flexibility index (Phi) is 5.53. The Balaban J connectivity index is 1.39. The Hall–Kier alpha value is -2.92. The Morgan fingerprint density at radius 3 is 2.57 bits per heavy atom. The first-order valence-electron chi connectivity index (χ1n) is 9.88. The number of aromatic nitrogens is 2. The van der Waals surface area contributed by atoms with Crippen molar-refractivity contribution in [2.24, 2.45) is 0 Å². The summed E-state index contributed by atoms with van der Waals surface area (Å²) in [5.74, 6) is -0.0932. The summed E-state index contributed by atoms with van der Waals surface area (Å²) in [7, 11) is 0. The zero-order valence-electron chi connectivity index (χ0n) is 16.2. The summed E-state index contributed by atoms with van der Waals surface area (Å²) in [6.07, 6.45) is 2.10. The topological polar surface area (TPSA) is 50.2 Å². The van der Waals surface area contributed by atoms with Gasteiger partial charge in [-0.3, -0.25) is 9.69 Å². The Labute approximate surface area is 166 Å². The minimum absolute atomic E-state index is 0.0932. The van der Waals surface area contributed by atoms with Crippen LogP contribution in [0.2, 0.25) is 0 Å². The zero-order valence-corrected chi connectivity index (χ0v) is 16.2. The lowest BCUT2D eigenvalue weighted by Crippen LogP contribution is -2.47. The van der Waals surface area contributed by atoms with Crippen molar-refractivity contribution in [1.29, 1.82) is 0 Å². The molecule has 1 amide bonds. The molecule has 1 fully saturated rings. The molecule has 144 valence electrons. The van der Waals surface area contributed by atoms with E-state index in [4.69, 9.17) is 0 Å². The predicted molar refractivity (Wildman–Crippen MR) is 111 cm³/mol. The second kappa shape index (κ2) is 8.40. The standard InChI is InChI=1S/C23H26N4O/c1-18-15-22(25-27(18)21-12-6-3-7-13-21)23(28)24-20-11-8-14-26(17-20)16-19-9-4-2-5-10-19/h2-7,9-10,12-13,15,20H,8,11,14,16-17H2,1H3,(H,24,28). The van der Waals surface area contributed by atoms with Gasteiger partial charge in [0.2, 0.25) is 0 Å². The maximum Gasteiger partial charge on any atom is 0.272 e. The van der Waals surface area contributed by atoms with Crippen LogP contribution in [0.5, 0.6) is 0 Å². The summed E-state index contributed by atoms with van der Waals surface area (Å²) in [6.45, 7) is 4.84. The number of nitrogens with one attached hydrogen (secondary N) is 1. The Morgan fingerprint density at radius 1 is 1.11 bits per heavy atom. The quantitative estimate of drug-likeness (QED) is 0.743. The minimum atomic E-state index is -0.0932. The molecule has 0 bridgehead atoms. The molecular formula is C23H26N4O. The third-order valence-corrected chi connectivity index (χ3v) is 5.21. The molecule has 0 radical (unpaired) electrons. The lowest BCUT2D eigenvalue weighted by molar-refractivity contribution is 0.0895. The fourth-order valence-corrected chi connectivity index (χ4v) is 3.83. The smallest absolute Gasteiger partial charge is 0.272 e. The van der Waals surface area contributed by atoms with Gasteiger partial charge in [-0.1, -0.05) is 48.5 Å². The lowest BCUT2D eigenvalue weighted by atomic mass is 10.0. The van der Waals surface area contributed by atoms with Gasteiger partial charge in [0.05, 0.1) is 5.69 Å². The number of amides is 1. The van der Waals surface area contributed by atoms with E-state index in [1.165, 1.54) is 5.56 Å². The third-order valence-electron chi connectivity index (χ3n) is 5.21. The number of hydrogen-bond donors (Lipinski definition) is 1. The number of aryl methyl sites for hydroxylation is 1. The summed E-state index contributed by atoms with van der Waals surface area (Å²) in [5, 5.41) is 7.71. The van der Waals surface area contributed by atoms with Crippen molar-refractivity contribution in [3.63, 3.8) is 0 Å². The highest BCUT2D eigenvalue weighted by Crippen LogP contribution is 2.15. The normalized spacial score (nSPS) is 17.4. The average molecular weight is 374 g/mol. The van der Waals surface area contributed by atoms with E-state index in [0.717, 1.165) is 43.9 Å². The largest absolute Gasteiger partial charge is 0.347 e. The highest BCUT2D eigenvalue weighted by atomic mass is 16.2. The molecule has 28 heavy (non-hydrogen) atoms. The zero-order chi connectivity index (χ0) is 19.3. The summed E-state index contributed by atoms with van der Waals surface area (Å²) in [5.41, 5.74) is 3.70. The fourth-order valence-electron chi connectivity index (χ4n) is 3.83. The van der Waals surface area contributed by atoms with E-state index in [2.05, 4.69) is 39.6 Å². The Morgan fingerprint density at radius 2 is 1.82 bits per heavy atom. The van der Waals surface area contributed by atoms with Crippen molar-refractivity contribution in [2.75, 3.05) is 13.1 Å². The van der Waals surface area contributed by atoms with Crippen LogP contribution in [0.1, 0.15) is 34.6 Å². The number of hydrogen-bond acceptors (Lipinski definition) is 3. The molecule has 1 atom stereocenters. The summed E-state index contributed by atoms with van der Waals surface area (Å²) < 4.78 is 1.82. The van der Waals surface area contributed by atoms with Gasteiger partial charge in [0.15, 0.2) is 5.69 Å². The highest BCUT2D eigenvalue weighted by Gasteiger charge is 2.23. The van der Waals surface area contributed by atoms with Gasteiger partial charge in [-0.2, -0.15) is 5.10 Å². The van der Waals surface area contributed by atoms with Crippen LogP contribution in [0.4, 0.5) is 0 Å². The van der Waals surface area contributed by atoms with Gasteiger partial charge >= 0.3 is 0 Å². The third kappa shape index (κ3) is 4.31. The first kappa shape index (κ1) is 18.4. The van der Waals surface area contributed by atoms with Crippen LogP contribution in [-0.2, 0) is 6.54 Å². The molecule has 1 aliphatic heterocycles. The number of carbonyl (C=O) groups excluding carboxylic acids is 1. The molecule has 2 aromatic carbocycles. The van der Waals surface area contributed by atoms with Crippen molar-refractivity contribution in [3.05, 3.63) is 83.7 Å². The van der Waals surface area contributed by atoms with Crippen molar-refractivity contribution in [3.8, 4) is 5.69 Å². The molecule has 0 saturated carbocycles. The molecule has 0 spiro atoms. The molecule has 1 saturated heterocycles. The average Bonchev–Trinajstić information content (AvgIpc) is 3.12. The maximum absolute atomic E-state index is 12.8. The van der Waals surface area contributed by atoms with Gasteiger partial charge in [0, 0.05) is 24.8 Å². The summed E-state index contributed by atoms with van der Waals surface area (Å²) in [6, 6.07) is 22.4. The van der Waals surface area contributed by atoms with E-state index in [-0.39, 0.29) is 11.9 Å². The number of carbonyl (C=O) groups is 1. The molecule has 5 nitrogen and oxygen atoms in total. The first-order chi connectivity index (χ1) is 13.7. The molecule has 1 unspecified atom stereocenters. The molecule has 1 aliphatic rings. The highest BCUT2D eigenvalue weighted by molar-refractivity contribution is 5.92. The van der Waals surface area contributed by atoms with E-state index in [9.17, 15) is 4.79 Å². The summed E-state index contributed by atoms with van der Waals surface area (Å²) in [4.78, 5) is 15.2. The van der Waals surface area contributed by atoms with E-state index < -0.39 is 0 Å². The second-order valence-corrected chi connectivity index (χ2v) is 7.45. The van der Waals surface area contributed by atoms with Crippen LogP contribution in [-0.4, -0.2) is 39.7 Å². The molecular weight excluding hydrogens is 348 g/mol. The van der Waals surface area contributed by atoms with Gasteiger partial charge in [-0.05, 0) is 50.1 Å². The second-order valence-electron chi connectivity index (χ2n) is 7.45. The molecule has 1 aromatic heterocycles. The van der Waals surface area contributed by atoms with Crippen molar-refractivity contribution < 1.29 is 4.79 Å². The molecule has 2 heterocycles. The van der Waals surface area contributed by atoms with E-state index in [0.29, 0.717) is 5.69 Å². The molecule has 3 aromatic rings. The van der Waals surface area contributed by atoms with Crippen LogP contribution in [0.15, 0.2) is 66.7 Å². The van der Waals surface area contributed by atoms with Crippen LogP contribution in [0.3, 0.4) is 0 Å². The van der Waals surface area contributed by atoms with Gasteiger partial charge in [0.25, 0.3) is 5.91 Å². The lowest BCUT2D eigenvalue weighted by Gasteiger charge is -2.33. The van der Waals surface area contributed by atoms with Crippen LogP contribution in [0.25, 0.3) is 5.69 Å². The first-order valence-corrected chi connectivity index (χ1v) is 9.88. The van der Waals surface area contributed by atoms with Gasteiger partial charge in [0.1, 0.15) is 0 Å². The van der Waals surface area contributed by atoms with Gasteiger partial charge < -0.3 is 5.32 Å². The number of rotatable bonds is 5. The minimum Gasteiger partial charge on any atom is -0.347 e. The van der Waals surface area contributed by atoms with E-state index >= 15 is 0 Å². The fraction of sp³-hybridized carbons (Fsp3) is 0.304. The van der Waals surface area contributed by atoms with Gasteiger partial charge in [-0.25, -0.2) is 4.68 Å². The molecule has 1 N–H and O–H groups in total. The molecule has 4 rings (SSSR count). The van der Waals surface area contributed by atoms with Crippen molar-refractivity contribution in [2.45, 2.75) is 32.4 Å². The predicted octanol–water partition coefficient (Wildman–Crippen LogP) is 3.58.